The second kappa shape index (κ2) is 9.32. The van der Waals surface area contributed by atoms with Crippen LogP contribution in [0.5, 0.6) is 0 Å². The Bertz CT molecular complexity index is 1190. The van der Waals surface area contributed by atoms with E-state index in [4.69, 9.17) is 9.97 Å². The highest BCUT2D eigenvalue weighted by atomic mass is 32.1. The zero-order valence-corrected chi connectivity index (χ0v) is 18.5. The molecule has 1 amide bonds. The normalized spacial score (nSPS) is 14.0. The van der Waals surface area contributed by atoms with Crippen molar-refractivity contribution in [2.45, 2.75) is 6.42 Å². The Morgan fingerprint density at radius 2 is 1.84 bits per heavy atom. The van der Waals surface area contributed by atoms with Gasteiger partial charge in [0.2, 0.25) is 5.91 Å². The molecule has 1 aromatic carbocycles. The van der Waals surface area contributed by atoms with Gasteiger partial charge in [-0.2, -0.15) is 11.3 Å². The standard InChI is InChI=1S/C24H24N6OS/c31-22(30-14-12-29(13-15-30)21-7-3-4-10-25-21)8-11-26-24-19-5-1-2-6-20(19)27-23(28-24)18-9-16-32-17-18/h1-7,9-10,16-17H,8,11-15H2,(H,26,27,28). The van der Waals surface area contributed by atoms with Crippen LogP contribution >= 0.6 is 11.3 Å². The summed E-state index contributed by atoms with van der Waals surface area (Å²) in [7, 11) is 0. The van der Waals surface area contributed by atoms with E-state index in [-0.39, 0.29) is 5.91 Å². The molecule has 162 valence electrons. The minimum Gasteiger partial charge on any atom is -0.369 e. The zero-order valence-electron chi connectivity index (χ0n) is 17.6. The van der Waals surface area contributed by atoms with Crippen LogP contribution in [0.2, 0.25) is 0 Å². The van der Waals surface area contributed by atoms with E-state index < -0.39 is 0 Å². The molecule has 0 atom stereocenters. The molecule has 0 spiro atoms. The largest absolute Gasteiger partial charge is 0.369 e. The molecule has 8 heteroatoms. The molecular formula is C24H24N6OS. The third-order valence-electron chi connectivity index (χ3n) is 5.62. The van der Waals surface area contributed by atoms with E-state index in [0.717, 1.165) is 41.2 Å². The lowest BCUT2D eigenvalue weighted by molar-refractivity contribution is -0.131. The molecule has 7 nitrogen and oxygen atoms in total. The van der Waals surface area contributed by atoms with Gasteiger partial charge in [0.25, 0.3) is 0 Å². The van der Waals surface area contributed by atoms with Crippen LogP contribution < -0.4 is 10.2 Å². The Labute approximate surface area is 190 Å². The maximum absolute atomic E-state index is 12.8. The fraction of sp³-hybridized carbons (Fsp3) is 0.250. The van der Waals surface area contributed by atoms with Crippen LogP contribution in [0.15, 0.2) is 65.5 Å². The lowest BCUT2D eigenvalue weighted by Crippen LogP contribution is -2.49. The molecular weight excluding hydrogens is 420 g/mol. The molecule has 4 aromatic rings. The van der Waals surface area contributed by atoms with Crippen LogP contribution in [0.4, 0.5) is 11.6 Å². The summed E-state index contributed by atoms with van der Waals surface area (Å²) in [4.78, 5) is 30.8. The number of hydrogen-bond donors (Lipinski definition) is 1. The average Bonchev–Trinajstić information content (AvgIpc) is 3.40. The second-order valence-electron chi connectivity index (χ2n) is 7.66. The molecule has 32 heavy (non-hydrogen) atoms. The van der Waals surface area contributed by atoms with Crippen LogP contribution in [0, 0.1) is 0 Å². The minimum absolute atomic E-state index is 0.162. The van der Waals surface area contributed by atoms with Gasteiger partial charge >= 0.3 is 0 Å². The minimum atomic E-state index is 0.162. The Morgan fingerprint density at radius 3 is 2.62 bits per heavy atom. The fourth-order valence-corrected chi connectivity index (χ4v) is 4.54. The second-order valence-corrected chi connectivity index (χ2v) is 8.44. The number of piperazine rings is 1. The van der Waals surface area contributed by atoms with Gasteiger partial charge in [-0.1, -0.05) is 18.2 Å². The smallest absolute Gasteiger partial charge is 0.224 e. The van der Waals surface area contributed by atoms with Crippen molar-refractivity contribution in [3.8, 4) is 11.4 Å². The van der Waals surface area contributed by atoms with Crippen molar-refractivity contribution >= 4 is 39.8 Å². The van der Waals surface area contributed by atoms with Gasteiger partial charge in [0, 0.05) is 61.7 Å². The summed E-state index contributed by atoms with van der Waals surface area (Å²) in [5, 5.41) is 8.40. The Kier molecular flexibility index (Phi) is 5.93. The fourth-order valence-electron chi connectivity index (χ4n) is 3.90. The molecule has 1 aliphatic rings. The first-order chi connectivity index (χ1) is 15.8. The number of para-hydroxylation sites is 1. The molecule has 0 aliphatic carbocycles. The quantitative estimate of drug-likeness (QED) is 0.486. The van der Waals surface area contributed by atoms with Crippen molar-refractivity contribution in [1.29, 1.82) is 0 Å². The van der Waals surface area contributed by atoms with Crippen LogP contribution in [-0.2, 0) is 4.79 Å². The molecule has 1 aliphatic heterocycles. The van der Waals surface area contributed by atoms with Gasteiger partial charge in [-0.25, -0.2) is 15.0 Å². The highest BCUT2D eigenvalue weighted by Gasteiger charge is 2.21. The van der Waals surface area contributed by atoms with Crippen molar-refractivity contribution in [1.82, 2.24) is 19.9 Å². The van der Waals surface area contributed by atoms with Gasteiger partial charge < -0.3 is 15.1 Å². The monoisotopic (exact) mass is 444 g/mol. The number of nitrogens with one attached hydrogen (secondary N) is 1. The number of amides is 1. The van der Waals surface area contributed by atoms with Crippen LogP contribution in [0.3, 0.4) is 0 Å². The number of benzene rings is 1. The highest BCUT2D eigenvalue weighted by Crippen LogP contribution is 2.26. The van der Waals surface area contributed by atoms with Crippen molar-refractivity contribution in [3.05, 3.63) is 65.5 Å². The van der Waals surface area contributed by atoms with Gasteiger partial charge in [-0.05, 0) is 35.7 Å². The first-order valence-corrected chi connectivity index (χ1v) is 11.7. The maximum atomic E-state index is 12.8. The average molecular weight is 445 g/mol. The Morgan fingerprint density at radius 1 is 1.00 bits per heavy atom. The number of nitrogens with zero attached hydrogens (tertiary/aromatic N) is 5. The van der Waals surface area contributed by atoms with E-state index in [9.17, 15) is 4.79 Å². The van der Waals surface area contributed by atoms with E-state index >= 15 is 0 Å². The number of hydrogen-bond acceptors (Lipinski definition) is 7. The van der Waals surface area contributed by atoms with Crippen LogP contribution in [0.25, 0.3) is 22.3 Å². The van der Waals surface area contributed by atoms with Crippen molar-refractivity contribution in [2.75, 3.05) is 42.9 Å². The Hall–Kier alpha value is -3.52. The molecule has 0 radical (unpaired) electrons. The molecule has 5 rings (SSSR count). The molecule has 1 fully saturated rings. The van der Waals surface area contributed by atoms with Crippen LogP contribution in [0.1, 0.15) is 6.42 Å². The summed E-state index contributed by atoms with van der Waals surface area (Å²) in [5.74, 6) is 2.60. The summed E-state index contributed by atoms with van der Waals surface area (Å²) >= 11 is 1.62. The summed E-state index contributed by atoms with van der Waals surface area (Å²) in [6, 6.07) is 15.9. The topological polar surface area (TPSA) is 74.2 Å². The lowest BCUT2D eigenvalue weighted by atomic mass is 10.2. The number of fused-ring (bicyclic) bond motifs is 1. The zero-order chi connectivity index (χ0) is 21.8. The number of rotatable bonds is 6. The molecule has 1 saturated heterocycles. The number of aromatic nitrogens is 3. The van der Waals surface area contributed by atoms with E-state index in [1.165, 1.54) is 0 Å². The highest BCUT2D eigenvalue weighted by molar-refractivity contribution is 7.08. The third-order valence-corrected chi connectivity index (χ3v) is 6.30. The van der Waals surface area contributed by atoms with Crippen molar-refractivity contribution in [2.24, 2.45) is 0 Å². The molecule has 4 heterocycles. The predicted molar refractivity (Wildman–Crippen MR) is 129 cm³/mol. The van der Waals surface area contributed by atoms with Gasteiger partial charge in [0.05, 0.1) is 5.52 Å². The summed E-state index contributed by atoms with van der Waals surface area (Å²) in [6.45, 7) is 3.57. The summed E-state index contributed by atoms with van der Waals surface area (Å²) < 4.78 is 0. The summed E-state index contributed by atoms with van der Waals surface area (Å²) in [6.07, 6.45) is 2.23. The SMILES string of the molecule is O=C(CCNc1nc(-c2ccsc2)nc2ccccc12)N1CCN(c2ccccn2)CC1. The molecule has 1 N–H and O–H groups in total. The van der Waals surface area contributed by atoms with E-state index in [2.05, 4.69) is 15.2 Å². The molecule has 3 aromatic heterocycles. The maximum Gasteiger partial charge on any atom is 0.224 e. The van der Waals surface area contributed by atoms with Gasteiger partial charge in [-0.15, -0.1) is 0 Å². The molecule has 0 unspecified atom stereocenters. The van der Waals surface area contributed by atoms with E-state index in [1.807, 2.05) is 64.2 Å². The first kappa shape index (κ1) is 20.4. The van der Waals surface area contributed by atoms with E-state index in [1.54, 1.807) is 17.5 Å². The van der Waals surface area contributed by atoms with E-state index in [0.29, 0.717) is 31.9 Å². The third kappa shape index (κ3) is 4.40. The number of pyridine rings is 1. The molecule has 0 saturated carbocycles. The summed E-state index contributed by atoms with van der Waals surface area (Å²) in [5.41, 5.74) is 1.90. The predicted octanol–water partition coefficient (Wildman–Crippen LogP) is 3.90. The van der Waals surface area contributed by atoms with Gasteiger partial charge in [-0.3, -0.25) is 4.79 Å². The molecule has 0 bridgehead atoms. The Balaban J connectivity index is 1.21. The van der Waals surface area contributed by atoms with Gasteiger partial charge in [0.1, 0.15) is 11.6 Å². The number of thiophene rings is 1. The first-order valence-electron chi connectivity index (χ1n) is 10.7. The number of anilines is 2. The van der Waals surface area contributed by atoms with Crippen molar-refractivity contribution < 1.29 is 4.79 Å². The van der Waals surface area contributed by atoms with Crippen molar-refractivity contribution in [3.63, 3.8) is 0 Å². The number of carbonyl (C=O) groups excluding carboxylic acids is 1. The van der Waals surface area contributed by atoms with Gasteiger partial charge in [0.15, 0.2) is 5.82 Å². The van der Waals surface area contributed by atoms with Crippen LogP contribution in [-0.4, -0.2) is 58.5 Å². The lowest BCUT2D eigenvalue weighted by Gasteiger charge is -2.35. The number of carbonyl (C=O) groups is 1.